The molecule has 0 atom stereocenters. The van der Waals surface area contributed by atoms with Gasteiger partial charge < -0.3 is 4.42 Å². The third-order valence-electron chi connectivity index (χ3n) is 3.55. The van der Waals surface area contributed by atoms with Crippen LogP contribution in [0.5, 0.6) is 0 Å². The maximum absolute atomic E-state index is 12.4. The Balaban J connectivity index is 2.05. The van der Waals surface area contributed by atoms with E-state index in [-0.39, 0.29) is 18.2 Å². The van der Waals surface area contributed by atoms with Crippen molar-refractivity contribution in [2.45, 2.75) is 6.42 Å². The number of rotatable bonds is 4. The van der Waals surface area contributed by atoms with Crippen molar-refractivity contribution in [3.05, 3.63) is 70.7 Å². The van der Waals surface area contributed by atoms with E-state index < -0.39 is 5.91 Å². The first-order valence-electron chi connectivity index (χ1n) is 7.51. The van der Waals surface area contributed by atoms with E-state index in [0.29, 0.717) is 22.1 Å². The Labute approximate surface area is 154 Å². The van der Waals surface area contributed by atoms with E-state index in [9.17, 15) is 9.59 Å². The van der Waals surface area contributed by atoms with Crippen LogP contribution >= 0.6 is 23.2 Å². The lowest BCUT2D eigenvalue weighted by Gasteiger charge is -2.30. The van der Waals surface area contributed by atoms with Gasteiger partial charge in [0.05, 0.1) is 12.0 Å². The van der Waals surface area contributed by atoms with Gasteiger partial charge in [0.1, 0.15) is 5.76 Å². The second-order valence-corrected chi connectivity index (χ2v) is 6.08. The number of furan rings is 1. The van der Waals surface area contributed by atoms with Crippen LogP contribution in [0, 0.1) is 0 Å². The minimum Gasteiger partial charge on any atom is -0.465 e. The fourth-order valence-electron chi connectivity index (χ4n) is 2.36. The molecule has 1 aromatic carbocycles. The van der Waals surface area contributed by atoms with Crippen molar-refractivity contribution in [3.63, 3.8) is 0 Å². The van der Waals surface area contributed by atoms with E-state index in [4.69, 9.17) is 27.6 Å². The summed E-state index contributed by atoms with van der Waals surface area (Å²) < 4.78 is 5.25. The van der Waals surface area contributed by atoms with Gasteiger partial charge in [-0.1, -0.05) is 23.7 Å². The highest BCUT2D eigenvalue weighted by atomic mass is 35.5. The second-order valence-electron chi connectivity index (χ2n) is 5.26. The molecule has 2 amide bonds. The first-order chi connectivity index (χ1) is 12.1. The van der Waals surface area contributed by atoms with Gasteiger partial charge in [-0.15, -0.1) is 11.6 Å². The molecule has 1 aromatic heterocycles. The smallest absolute Gasteiger partial charge is 0.270 e. The Morgan fingerprint density at radius 3 is 2.64 bits per heavy atom. The molecule has 0 unspecified atom stereocenters. The fourth-order valence-corrected chi connectivity index (χ4v) is 2.65. The molecular formula is C18H14Cl2N2O3. The topological polar surface area (TPSA) is 62.6 Å². The van der Waals surface area contributed by atoms with Crippen molar-refractivity contribution in [1.82, 2.24) is 10.4 Å². The average molecular weight is 377 g/mol. The third-order valence-corrected chi connectivity index (χ3v) is 3.99. The van der Waals surface area contributed by atoms with Gasteiger partial charge in [-0.25, -0.2) is 5.01 Å². The summed E-state index contributed by atoms with van der Waals surface area (Å²) >= 11 is 11.6. The summed E-state index contributed by atoms with van der Waals surface area (Å²) in [5.74, 6) is -0.00944. The number of carbonyl (C=O) groups excluding carboxylic acids is 2. The number of nitrogens with zero attached hydrogens (tertiary/aromatic N) is 1. The van der Waals surface area contributed by atoms with Crippen LogP contribution in [0.2, 0.25) is 5.02 Å². The second kappa shape index (κ2) is 7.59. The molecule has 0 bridgehead atoms. The number of benzene rings is 1. The zero-order valence-electron chi connectivity index (χ0n) is 13.0. The van der Waals surface area contributed by atoms with Gasteiger partial charge in [-0.2, -0.15) is 0 Å². The standard InChI is InChI=1S/C18H14Cl2N2O3/c19-8-7-17(23)22-16(12-3-5-14(20)6-4-12)11-13(18(24)21-22)10-15-2-1-9-25-15/h1-6,9-11H,7-8H2,(H,21,24)/b13-10+. The maximum atomic E-state index is 12.4. The van der Waals surface area contributed by atoms with Crippen molar-refractivity contribution >= 4 is 46.8 Å². The summed E-state index contributed by atoms with van der Waals surface area (Å²) in [5, 5.41) is 1.79. The summed E-state index contributed by atoms with van der Waals surface area (Å²) in [5.41, 5.74) is 4.24. The third kappa shape index (κ3) is 3.95. The van der Waals surface area contributed by atoms with E-state index in [1.807, 2.05) is 0 Å². The summed E-state index contributed by atoms with van der Waals surface area (Å²) in [6.07, 6.45) is 4.86. The van der Waals surface area contributed by atoms with Crippen LogP contribution in [0.1, 0.15) is 17.7 Å². The summed E-state index contributed by atoms with van der Waals surface area (Å²) in [6.45, 7) is 0. The molecule has 0 spiro atoms. The van der Waals surface area contributed by atoms with Crippen molar-refractivity contribution in [1.29, 1.82) is 0 Å². The molecule has 7 heteroatoms. The van der Waals surface area contributed by atoms with Crippen LogP contribution in [0.4, 0.5) is 0 Å². The summed E-state index contributed by atoms with van der Waals surface area (Å²) in [4.78, 5) is 24.7. The van der Waals surface area contributed by atoms with Gasteiger partial charge in [-0.3, -0.25) is 15.0 Å². The molecule has 0 fully saturated rings. The molecular weight excluding hydrogens is 363 g/mol. The molecule has 25 heavy (non-hydrogen) atoms. The van der Waals surface area contributed by atoms with Gasteiger partial charge in [0.2, 0.25) is 5.91 Å². The first kappa shape index (κ1) is 17.3. The number of halogens is 2. The number of amides is 2. The van der Waals surface area contributed by atoms with Gasteiger partial charge in [0, 0.05) is 28.5 Å². The molecule has 0 aliphatic carbocycles. The summed E-state index contributed by atoms with van der Waals surface area (Å²) in [7, 11) is 0. The maximum Gasteiger partial charge on any atom is 0.270 e. The highest BCUT2D eigenvalue weighted by molar-refractivity contribution is 6.30. The monoisotopic (exact) mass is 376 g/mol. The molecule has 2 aromatic rings. The zero-order chi connectivity index (χ0) is 17.8. The Morgan fingerprint density at radius 1 is 1.24 bits per heavy atom. The molecule has 1 aliphatic heterocycles. The lowest BCUT2D eigenvalue weighted by atomic mass is 10.0. The largest absolute Gasteiger partial charge is 0.465 e. The molecule has 1 aliphatic rings. The highest BCUT2D eigenvalue weighted by Gasteiger charge is 2.27. The predicted molar refractivity (Wildman–Crippen MR) is 96.4 cm³/mol. The van der Waals surface area contributed by atoms with Crippen molar-refractivity contribution in [2.24, 2.45) is 0 Å². The molecule has 5 nitrogen and oxygen atoms in total. The number of carbonyl (C=O) groups is 2. The van der Waals surface area contributed by atoms with E-state index in [1.54, 1.807) is 48.6 Å². The van der Waals surface area contributed by atoms with Crippen molar-refractivity contribution < 1.29 is 14.0 Å². The quantitative estimate of drug-likeness (QED) is 0.650. The fraction of sp³-hybridized carbons (Fsp3) is 0.111. The molecule has 0 saturated carbocycles. The number of hydrazine groups is 1. The summed E-state index contributed by atoms with van der Waals surface area (Å²) in [6, 6.07) is 10.4. The molecule has 3 rings (SSSR count). The Morgan fingerprint density at radius 2 is 2.00 bits per heavy atom. The number of nitrogens with one attached hydrogen (secondary N) is 1. The average Bonchev–Trinajstić information content (AvgIpc) is 3.10. The van der Waals surface area contributed by atoms with E-state index in [0.717, 1.165) is 5.56 Å². The lowest BCUT2D eigenvalue weighted by molar-refractivity contribution is -0.135. The van der Waals surface area contributed by atoms with Crippen LogP contribution in [0.25, 0.3) is 11.8 Å². The molecule has 1 N–H and O–H groups in total. The predicted octanol–water partition coefficient (Wildman–Crippen LogP) is 3.86. The molecule has 0 radical (unpaired) electrons. The van der Waals surface area contributed by atoms with Crippen molar-refractivity contribution in [2.75, 3.05) is 5.88 Å². The van der Waals surface area contributed by atoms with Crippen LogP contribution in [-0.4, -0.2) is 22.7 Å². The Hall–Kier alpha value is -2.50. The number of hydrogen-bond acceptors (Lipinski definition) is 3. The van der Waals surface area contributed by atoms with E-state index in [1.165, 1.54) is 11.3 Å². The van der Waals surface area contributed by atoms with Crippen LogP contribution in [0.15, 0.2) is 58.7 Å². The van der Waals surface area contributed by atoms with E-state index >= 15 is 0 Å². The number of alkyl halides is 1. The van der Waals surface area contributed by atoms with Crippen LogP contribution in [-0.2, 0) is 9.59 Å². The molecule has 2 heterocycles. The lowest BCUT2D eigenvalue weighted by Crippen LogP contribution is -2.48. The number of hydrogen-bond donors (Lipinski definition) is 1. The van der Waals surface area contributed by atoms with Gasteiger partial charge in [0.15, 0.2) is 0 Å². The van der Waals surface area contributed by atoms with Gasteiger partial charge in [0.25, 0.3) is 5.91 Å². The van der Waals surface area contributed by atoms with E-state index in [2.05, 4.69) is 5.43 Å². The van der Waals surface area contributed by atoms with Gasteiger partial charge in [-0.05, 0) is 36.4 Å². The molecule has 0 saturated heterocycles. The normalized spacial score (nSPS) is 15.9. The minimum atomic E-state index is -0.406. The minimum absolute atomic E-state index is 0.101. The Bertz CT molecular complexity index is 840. The highest BCUT2D eigenvalue weighted by Crippen LogP contribution is 2.26. The van der Waals surface area contributed by atoms with Gasteiger partial charge >= 0.3 is 0 Å². The van der Waals surface area contributed by atoms with Crippen LogP contribution in [0.3, 0.4) is 0 Å². The van der Waals surface area contributed by atoms with Crippen LogP contribution < -0.4 is 5.43 Å². The first-order valence-corrected chi connectivity index (χ1v) is 8.42. The van der Waals surface area contributed by atoms with Crippen molar-refractivity contribution in [3.8, 4) is 0 Å². The zero-order valence-corrected chi connectivity index (χ0v) is 14.6. The molecule has 128 valence electrons. The Kier molecular flexibility index (Phi) is 5.26. The SMILES string of the molecule is O=C1NN(C(=O)CCCl)C(c2ccc(Cl)cc2)=C/C1=C\c1ccco1.